The number of aliphatic hydroxyl groups excluding tert-OH is 8. The van der Waals surface area contributed by atoms with Crippen molar-refractivity contribution in [2.45, 2.75) is 268 Å². The second-order valence-electron chi connectivity index (χ2n) is 18.3. The molecule has 0 amide bonds. The highest BCUT2D eigenvalue weighted by atomic mass is 16.8. The monoisotopic (exact) mass is 907 g/mol. The normalized spacial score (nSPS) is 28.3. The van der Waals surface area contributed by atoms with Crippen molar-refractivity contribution in [3.63, 3.8) is 0 Å². The summed E-state index contributed by atoms with van der Waals surface area (Å²) in [6.07, 6.45) is 4.51. The average Bonchev–Trinajstić information content (AvgIpc) is 3.27. The van der Waals surface area contributed by atoms with Crippen molar-refractivity contribution in [3.05, 3.63) is 0 Å². The predicted molar refractivity (Wildman–Crippen MR) is 238 cm³/mol. The van der Waals surface area contributed by atoms with Crippen molar-refractivity contribution in [1.29, 1.82) is 0 Å². The lowest BCUT2D eigenvalue weighted by Gasteiger charge is -2.44. The van der Waals surface area contributed by atoms with Crippen LogP contribution in [-0.2, 0) is 33.3 Å². The highest BCUT2D eigenvalue weighted by molar-refractivity contribution is 5.73. The third-order valence-corrected chi connectivity index (χ3v) is 12.9. The highest BCUT2D eigenvalue weighted by Crippen LogP contribution is 2.30. The van der Waals surface area contributed by atoms with E-state index in [0.717, 1.165) is 141 Å². The Bertz CT molecular complexity index is 1080. The highest BCUT2D eigenvalue weighted by Gasteiger charge is 2.50. The summed E-state index contributed by atoms with van der Waals surface area (Å²) in [6.45, 7) is 7.41. The number of esters is 2. The maximum absolute atomic E-state index is 13.5. The van der Waals surface area contributed by atoms with E-state index in [2.05, 4.69) is 27.7 Å². The van der Waals surface area contributed by atoms with Crippen LogP contribution in [0.25, 0.3) is 0 Å². The molecule has 0 spiro atoms. The van der Waals surface area contributed by atoms with E-state index in [1.807, 2.05) is 0 Å². The zero-order chi connectivity index (χ0) is 46.6. The largest absolute Gasteiger partial charge is 0.463 e. The van der Waals surface area contributed by atoms with Crippen LogP contribution in [-0.4, -0.2) is 140 Å². The molecule has 0 aromatic carbocycles. The fourth-order valence-electron chi connectivity index (χ4n) is 8.55. The molecular weight excluding hydrogens is 817 g/mol. The van der Waals surface area contributed by atoms with E-state index in [-0.39, 0.29) is 0 Å². The van der Waals surface area contributed by atoms with Gasteiger partial charge in [-0.15, -0.1) is 0 Å². The molecule has 2 aliphatic rings. The Hall–Kier alpha value is -1.50. The summed E-state index contributed by atoms with van der Waals surface area (Å²) in [5.41, 5.74) is 0. The smallest absolute Gasteiger partial charge is 0.311 e. The summed E-state index contributed by atoms with van der Waals surface area (Å²) in [6, 6.07) is 0. The Morgan fingerprint density at radius 3 is 1.02 bits per heavy atom. The lowest BCUT2D eigenvalue weighted by atomic mass is 9.91. The zero-order valence-corrected chi connectivity index (χ0v) is 39.3. The van der Waals surface area contributed by atoms with Gasteiger partial charge in [-0.25, -0.2) is 0 Å². The molecule has 63 heavy (non-hydrogen) atoms. The number of unbranched alkanes of at least 4 members (excludes halogenated alkanes) is 18. The fraction of sp³-hybridized carbons (Fsp3) is 0.958. The van der Waals surface area contributed by atoms with Crippen molar-refractivity contribution >= 4 is 11.9 Å². The molecule has 2 aliphatic heterocycles. The first kappa shape index (κ1) is 57.6. The summed E-state index contributed by atoms with van der Waals surface area (Å²) in [5.74, 6) is -2.96. The lowest BCUT2D eigenvalue weighted by molar-refractivity contribution is -0.376. The van der Waals surface area contributed by atoms with Crippen LogP contribution in [0, 0.1) is 11.8 Å². The van der Waals surface area contributed by atoms with Crippen molar-refractivity contribution in [1.82, 2.24) is 0 Å². The molecule has 0 bridgehead atoms. The second kappa shape index (κ2) is 33.9. The first-order valence-electron chi connectivity index (χ1n) is 25.1. The molecule has 2 saturated heterocycles. The van der Waals surface area contributed by atoms with Crippen LogP contribution >= 0.6 is 0 Å². The molecule has 2 rings (SSSR count). The van der Waals surface area contributed by atoms with E-state index in [1.165, 1.54) is 0 Å². The van der Waals surface area contributed by atoms with Crippen molar-refractivity contribution in [2.24, 2.45) is 11.8 Å². The Morgan fingerprint density at radius 2 is 0.698 bits per heavy atom. The van der Waals surface area contributed by atoms with Gasteiger partial charge >= 0.3 is 11.9 Å². The van der Waals surface area contributed by atoms with Crippen LogP contribution in [0.4, 0.5) is 0 Å². The minimum atomic E-state index is -1.88. The molecular formula is C48H90O15. The summed E-state index contributed by atoms with van der Waals surface area (Å²) in [7, 11) is 0. The third kappa shape index (κ3) is 21.3. The molecule has 0 radical (unpaired) electrons. The van der Waals surface area contributed by atoms with Gasteiger partial charge in [-0.05, 0) is 25.7 Å². The zero-order valence-electron chi connectivity index (χ0n) is 39.3. The molecule has 0 aromatic rings. The number of ether oxygens (including phenoxy) is 5. The average molecular weight is 907 g/mol. The molecule has 8 N–H and O–H groups in total. The van der Waals surface area contributed by atoms with Crippen LogP contribution in [0.1, 0.15) is 195 Å². The molecule has 0 aliphatic carbocycles. The second-order valence-corrected chi connectivity index (χ2v) is 18.3. The minimum absolute atomic E-state index is 0.418. The number of carbonyl (C=O) groups excluding carboxylic acids is 2. The SMILES string of the molecule is CCCCCCCCC(O)C(CCCCCCC)C(=O)OCC1O[C@H](O[C@@H]2OC(COC(=O)C(CCCCCCC)C(O)CCCCCCCC)[C@@H](O)[C@H](O)C2O)C(O)[C@@H](O)[C@@H]1O. The third-order valence-electron chi connectivity index (χ3n) is 12.9. The van der Waals surface area contributed by atoms with E-state index < -0.39 is 111 Å². The van der Waals surface area contributed by atoms with Gasteiger partial charge in [0, 0.05) is 0 Å². The number of hydrogen-bond donors (Lipinski definition) is 8. The van der Waals surface area contributed by atoms with E-state index in [9.17, 15) is 50.4 Å². The van der Waals surface area contributed by atoms with E-state index in [4.69, 9.17) is 23.7 Å². The van der Waals surface area contributed by atoms with Gasteiger partial charge in [0.15, 0.2) is 12.6 Å². The Kier molecular flexibility index (Phi) is 31.0. The van der Waals surface area contributed by atoms with Gasteiger partial charge in [-0.2, -0.15) is 0 Å². The summed E-state index contributed by atoms with van der Waals surface area (Å²) < 4.78 is 28.4. The van der Waals surface area contributed by atoms with Crippen molar-refractivity contribution in [2.75, 3.05) is 13.2 Å². The molecule has 2 fully saturated rings. The van der Waals surface area contributed by atoms with Crippen molar-refractivity contribution < 1.29 is 74.1 Å². The van der Waals surface area contributed by atoms with Gasteiger partial charge in [0.05, 0.1) is 24.0 Å². The Labute approximate surface area is 378 Å². The maximum Gasteiger partial charge on any atom is 0.311 e. The van der Waals surface area contributed by atoms with Crippen LogP contribution < -0.4 is 0 Å². The van der Waals surface area contributed by atoms with Crippen molar-refractivity contribution in [3.8, 4) is 0 Å². The summed E-state index contributed by atoms with van der Waals surface area (Å²) in [5, 5.41) is 87.2. The van der Waals surface area contributed by atoms with Gasteiger partial charge in [0.2, 0.25) is 0 Å². The Morgan fingerprint density at radius 1 is 0.413 bits per heavy atom. The fourth-order valence-corrected chi connectivity index (χ4v) is 8.55. The topological polar surface area (TPSA) is 242 Å². The molecule has 2 heterocycles. The predicted octanol–water partition coefficient (Wildman–Crippen LogP) is 5.88. The van der Waals surface area contributed by atoms with E-state index in [1.54, 1.807) is 0 Å². The minimum Gasteiger partial charge on any atom is -0.463 e. The van der Waals surface area contributed by atoms with Crippen LogP contribution in [0.5, 0.6) is 0 Å². The number of aliphatic hydroxyl groups is 8. The van der Waals surface area contributed by atoms with E-state index >= 15 is 0 Å². The molecule has 14 atom stereocenters. The summed E-state index contributed by atoms with van der Waals surface area (Å²) >= 11 is 0. The van der Waals surface area contributed by atoms with Gasteiger partial charge in [0.25, 0.3) is 0 Å². The lowest BCUT2D eigenvalue weighted by Crippen LogP contribution is -2.64. The van der Waals surface area contributed by atoms with Crippen LogP contribution in [0.2, 0.25) is 0 Å². The van der Waals surface area contributed by atoms with Gasteiger partial charge in [-0.1, -0.05) is 169 Å². The number of hydrogen-bond acceptors (Lipinski definition) is 15. The molecule has 372 valence electrons. The maximum atomic E-state index is 13.5. The summed E-state index contributed by atoms with van der Waals surface area (Å²) in [4.78, 5) is 26.9. The van der Waals surface area contributed by atoms with Gasteiger partial charge < -0.3 is 64.5 Å². The number of carbonyl (C=O) groups is 2. The van der Waals surface area contributed by atoms with Gasteiger partial charge in [0.1, 0.15) is 62.0 Å². The molecule has 0 aromatic heterocycles. The standard InChI is InChI=1S/C48H90O15/c1-5-9-13-17-21-25-29-35(49)33(27-23-19-15-11-7-3)45(57)59-31-37-39(51)41(53)43(55)47(61-37)63-48-44(56)42(54)40(52)38(62-48)32-60-46(58)34(28-24-20-16-12-8-4)36(50)30-26-22-18-14-10-6-2/h33-44,47-56H,5-32H2,1-4H3/t33?,34?,35?,36?,37?,38?,39-,40-,41+,42+,43?,44?,47-,48+/m1/s1. The first-order valence-corrected chi connectivity index (χ1v) is 25.1. The molecule has 15 heteroatoms. The Balaban J connectivity index is 2.08. The molecule has 15 nitrogen and oxygen atoms in total. The number of rotatable bonds is 36. The van der Waals surface area contributed by atoms with E-state index in [0.29, 0.717) is 25.7 Å². The van der Waals surface area contributed by atoms with Crippen LogP contribution in [0.15, 0.2) is 0 Å². The van der Waals surface area contributed by atoms with Gasteiger partial charge in [-0.3, -0.25) is 9.59 Å². The first-order chi connectivity index (χ1) is 30.3. The van der Waals surface area contributed by atoms with Crippen LogP contribution in [0.3, 0.4) is 0 Å². The molecule has 0 saturated carbocycles. The molecule has 8 unspecified atom stereocenters. The quantitative estimate of drug-likeness (QED) is 0.0270.